The van der Waals surface area contributed by atoms with Crippen molar-refractivity contribution in [2.45, 2.75) is 17.8 Å². The van der Waals surface area contributed by atoms with E-state index < -0.39 is 5.91 Å². The smallest absolute Gasteiger partial charge is 0.291 e. The lowest BCUT2D eigenvalue weighted by molar-refractivity contribution is -0.114. The third-order valence-electron chi connectivity index (χ3n) is 4.33. The first-order valence-electron chi connectivity index (χ1n) is 9.30. The normalized spacial score (nSPS) is 10.8. The fourth-order valence-corrected chi connectivity index (χ4v) is 4.02. The molecule has 0 aliphatic heterocycles. The van der Waals surface area contributed by atoms with E-state index in [2.05, 4.69) is 20.6 Å². The van der Waals surface area contributed by atoms with E-state index in [-0.39, 0.29) is 11.7 Å². The van der Waals surface area contributed by atoms with Crippen molar-refractivity contribution in [3.63, 3.8) is 0 Å². The zero-order valence-electron chi connectivity index (χ0n) is 16.4. The van der Waals surface area contributed by atoms with Crippen LogP contribution in [-0.2, 0) is 10.5 Å². The summed E-state index contributed by atoms with van der Waals surface area (Å²) in [6.45, 7) is 1.39. The van der Waals surface area contributed by atoms with E-state index in [1.165, 1.54) is 18.7 Å². The molecule has 2 N–H and O–H groups in total. The summed E-state index contributed by atoms with van der Waals surface area (Å²) in [5.74, 6) is -0.0905. The van der Waals surface area contributed by atoms with E-state index in [1.807, 2.05) is 18.2 Å². The Kier molecular flexibility index (Phi) is 6.20. The number of halogens is 1. The Morgan fingerprint density at radius 2 is 1.81 bits per heavy atom. The Bertz CT molecular complexity index is 1260. The number of nitrogens with zero attached hydrogens (tertiary/aromatic N) is 2. The molecule has 7 nitrogen and oxygen atoms in total. The first-order valence-corrected chi connectivity index (χ1v) is 10.7. The number of nitrogens with one attached hydrogen (secondary N) is 2. The molecule has 0 spiro atoms. The van der Waals surface area contributed by atoms with E-state index >= 15 is 0 Å². The summed E-state index contributed by atoms with van der Waals surface area (Å²) in [4.78, 5) is 33.1. The van der Waals surface area contributed by atoms with E-state index in [4.69, 9.17) is 16.0 Å². The Morgan fingerprint density at radius 3 is 2.58 bits per heavy atom. The zero-order valence-corrected chi connectivity index (χ0v) is 18.0. The Balaban J connectivity index is 1.67. The highest BCUT2D eigenvalue weighted by atomic mass is 35.5. The quantitative estimate of drug-likeness (QED) is 0.301. The summed E-state index contributed by atoms with van der Waals surface area (Å²) in [5.41, 5.74) is 2.15. The second-order valence-corrected chi connectivity index (χ2v) is 7.93. The molecule has 0 bridgehead atoms. The number of hydrogen-bond donors (Lipinski definition) is 2. The van der Waals surface area contributed by atoms with E-state index in [1.54, 1.807) is 42.7 Å². The fourth-order valence-electron chi connectivity index (χ4n) is 3.02. The number of amides is 2. The highest BCUT2D eigenvalue weighted by Crippen LogP contribution is 2.32. The summed E-state index contributed by atoms with van der Waals surface area (Å²) < 4.78 is 5.89. The Hall–Kier alpha value is -3.36. The van der Waals surface area contributed by atoms with E-state index in [0.29, 0.717) is 32.9 Å². The number of rotatable bonds is 6. The lowest BCUT2D eigenvalue weighted by atomic mass is 10.1. The van der Waals surface area contributed by atoms with E-state index in [0.717, 1.165) is 10.9 Å². The molecule has 0 fully saturated rings. The maximum atomic E-state index is 13.2. The lowest BCUT2D eigenvalue weighted by Gasteiger charge is -2.12. The average Bonchev–Trinajstić information content (AvgIpc) is 3.13. The molecule has 0 saturated carbocycles. The topological polar surface area (TPSA) is 97.1 Å². The molecule has 2 aromatic heterocycles. The van der Waals surface area contributed by atoms with Crippen molar-refractivity contribution in [3.05, 3.63) is 77.3 Å². The average molecular weight is 453 g/mol. The summed E-state index contributed by atoms with van der Waals surface area (Å²) in [5, 5.41) is 7.34. The first-order chi connectivity index (χ1) is 15.0. The molecule has 4 aromatic rings. The third kappa shape index (κ3) is 4.87. The van der Waals surface area contributed by atoms with Crippen LogP contribution in [0.15, 0.2) is 70.5 Å². The van der Waals surface area contributed by atoms with Crippen molar-refractivity contribution >= 4 is 57.5 Å². The molecule has 4 rings (SSSR count). The number of carbonyl (C=O) groups excluding carboxylic acids is 2. The van der Waals surface area contributed by atoms with Crippen LogP contribution in [-0.4, -0.2) is 21.8 Å². The van der Waals surface area contributed by atoms with Gasteiger partial charge in [-0.2, -0.15) is 0 Å². The minimum absolute atomic E-state index is 0.179. The monoisotopic (exact) mass is 452 g/mol. The number of furan rings is 1. The molecule has 2 aromatic carbocycles. The van der Waals surface area contributed by atoms with Gasteiger partial charge in [-0.05, 0) is 30.3 Å². The SMILES string of the molecule is CC(=O)Nc1ccc(Cl)cc1NC(=O)c1oc2ccccc2c1CSc1ncccn1. The number of aromatic nitrogens is 2. The summed E-state index contributed by atoms with van der Waals surface area (Å²) in [7, 11) is 0. The van der Waals surface area contributed by atoms with Crippen LogP contribution in [0.2, 0.25) is 5.02 Å². The minimum atomic E-state index is -0.449. The molecule has 31 heavy (non-hydrogen) atoms. The largest absolute Gasteiger partial charge is 0.451 e. The van der Waals surface area contributed by atoms with Gasteiger partial charge < -0.3 is 15.1 Å². The van der Waals surface area contributed by atoms with Crippen LogP contribution in [0.5, 0.6) is 0 Å². The van der Waals surface area contributed by atoms with Crippen molar-refractivity contribution < 1.29 is 14.0 Å². The van der Waals surface area contributed by atoms with Crippen molar-refractivity contribution in [3.8, 4) is 0 Å². The number of fused-ring (bicyclic) bond motifs is 1. The second kappa shape index (κ2) is 9.20. The van der Waals surface area contributed by atoms with Crippen LogP contribution in [0.1, 0.15) is 23.0 Å². The van der Waals surface area contributed by atoms with Gasteiger partial charge in [0, 0.05) is 41.0 Å². The van der Waals surface area contributed by atoms with Gasteiger partial charge in [-0.3, -0.25) is 9.59 Å². The molecule has 0 unspecified atom stereocenters. The van der Waals surface area contributed by atoms with Crippen molar-refractivity contribution in [2.75, 3.05) is 10.6 Å². The molecule has 2 heterocycles. The van der Waals surface area contributed by atoms with Crippen LogP contribution in [0.3, 0.4) is 0 Å². The highest BCUT2D eigenvalue weighted by molar-refractivity contribution is 7.98. The van der Waals surface area contributed by atoms with Crippen LogP contribution in [0.4, 0.5) is 11.4 Å². The minimum Gasteiger partial charge on any atom is -0.451 e. The number of hydrogen-bond acceptors (Lipinski definition) is 6. The number of carbonyl (C=O) groups is 2. The molecule has 2 amide bonds. The van der Waals surface area contributed by atoms with Gasteiger partial charge in [-0.15, -0.1) is 0 Å². The molecular weight excluding hydrogens is 436 g/mol. The maximum absolute atomic E-state index is 13.2. The van der Waals surface area contributed by atoms with Gasteiger partial charge >= 0.3 is 0 Å². The second-order valence-electron chi connectivity index (χ2n) is 6.55. The summed E-state index contributed by atoms with van der Waals surface area (Å²) in [6.07, 6.45) is 3.33. The van der Waals surface area contributed by atoms with E-state index in [9.17, 15) is 9.59 Å². The molecule has 0 aliphatic rings. The van der Waals surface area contributed by atoms with Gasteiger partial charge in [0.15, 0.2) is 10.9 Å². The molecule has 0 radical (unpaired) electrons. The molecular formula is C22H17ClN4O3S. The van der Waals surface area contributed by atoms with Crippen LogP contribution in [0.25, 0.3) is 11.0 Å². The number of anilines is 2. The predicted molar refractivity (Wildman–Crippen MR) is 122 cm³/mol. The maximum Gasteiger partial charge on any atom is 0.291 e. The van der Waals surface area contributed by atoms with Gasteiger partial charge in [0.2, 0.25) is 5.91 Å². The lowest BCUT2D eigenvalue weighted by Crippen LogP contribution is -2.15. The molecule has 0 atom stereocenters. The number of thioether (sulfide) groups is 1. The zero-order chi connectivity index (χ0) is 21.8. The van der Waals surface area contributed by atoms with Gasteiger partial charge in [-0.25, -0.2) is 9.97 Å². The summed E-state index contributed by atoms with van der Waals surface area (Å²) in [6, 6.07) is 14.0. The van der Waals surface area contributed by atoms with Crippen molar-refractivity contribution in [1.29, 1.82) is 0 Å². The van der Waals surface area contributed by atoms with Gasteiger partial charge in [-0.1, -0.05) is 41.6 Å². The number of para-hydroxylation sites is 1. The molecule has 156 valence electrons. The Morgan fingerprint density at radius 1 is 1.03 bits per heavy atom. The molecule has 0 saturated heterocycles. The van der Waals surface area contributed by atoms with Crippen LogP contribution < -0.4 is 10.6 Å². The van der Waals surface area contributed by atoms with Gasteiger partial charge in [0.25, 0.3) is 5.91 Å². The van der Waals surface area contributed by atoms with Crippen LogP contribution in [0, 0.1) is 0 Å². The fraction of sp³-hybridized carbons (Fsp3) is 0.0909. The summed E-state index contributed by atoms with van der Waals surface area (Å²) >= 11 is 7.50. The first kappa shape index (κ1) is 20.9. The number of benzene rings is 2. The molecule has 9 heteroatoms. The van der Waals surface area contributed by atoms with Crippen molar-refractivity contribution in [2.24, 2.45) is 0 Å². The third-order valence-corrected chi connectivity index (χ3v) is 5.47. The predicted octanol–water partition coefficient (Wildman–Crippen LogP) is 5.38. The standard InChI is InChI=1S/C22H17ClN4O3S/c1-13(28)26-17-8-7-14(23)11-18(17)27-21(29)20-16(12-31-22-24-9-4-10-25-22)15-5-2-3-6-19(15)30-20/h2-11H,12H2,1H3,(H,26,28)(H,27,29). The van der Waals surface area contributed by atoms with Crippen molar-refractivity contribution in [1.82, 2.24) is 9.97 Å². The van der Waals surface area contributed by atoms with Crippen LogP contribution >= 0.6 is 23.4 Å². The molecule has 0 aliphatic carbocycles. The van der Waals surface area contributed by atoms with Gasteiger partial charge in [0.05, 0.1) is 11.4 Å². The Labute approximate surface area is 187 Å². The van der Waals surface area contributed by atoms with Gasteiger partial charge in [0.1, 0.15) is 5.58 Å². The highest BCUT2D eigenvalue weighted by Gasteiger charge is 2.22.